The van der Waals surface area contributed by atoms with Gasteiger partial charge in [0.25, 0.3) is 0 Å². The van der Waals surface area contributed by atoms with Crippen LogP contribution >= 0.6 is 0 Å². The van der Waals surface area contributed by atoms with Gasteiger partial charge < -0.3 is 20.1 Å². The van der Waals surface area contributed by atoms with Crippen LogP contribution in [0.15, 0.2) is 0 Å². The number of aliphatic carboxylic acids is 1. The average molecular weight is 244 g/mol. The summed E-state index contributed by atoms with van der Waals surface area (Å²) in [6.07, 6.45) is 1.86. The minimum atomic E-state index is -0.837. The van der Waals surface area contributed by atoms with E-state index in [0.717, 1.165) is 32.7 Å². The summed E-state index contributed by atoms with van der Waals surface area (Å²) < 4.78 is 5.57. The van der Waals surface area contributed by atoms with E-state index >= 15 is 0 Å². The molecule has 1 heterocycles. The van der Waals surface area contributed by atoms with Gasteiger partial charge in [0.15, 0.2) is 0 Å². The predicted octanol–water partition coefficient (Wildman–Crippen LogP) is 0.550. The molecule has 2 atom stereocenters. The Morgan fingerprint density at radius 1 is 1.65 bits per heavy atom. The van der Waals surface area contributed by atoms with Crippen molar-refractivity contribution in [2.24, 2.45) is 0 Å². The second-order valence-electron chi connectivity index (χ2n) is 4.97. The SMILES string of the molecule is CNC(C)(CCN1CCCOC(C)C1)C(=O)O. The molecule has 1 rings (SSSR count). The van der Waals surface area contributed by atoms with Gasteiger partial charge in [-0.3, -0.25) is 4.79 Å². The number of hydrogen-bond donors (Lipinski definition) is 2. The Bertz CT molecular complexity index is 260. The lowest BCUT2D eigenvalue weighted by Crippen LogP contribution is -2.50. The van der Waals surface area contributed by atoms with Gasteiger partial charge in [-0.2, -0.15) is 0 Å². The lowest BCUT2D eigenvalue weighted by molar-refractivity contribution is -0.144. The summed E-state index contributed by atoms with van der Waals surface area (Å²) in [4.78, 5) is 13.4. The molecule has 0 spiro atoms. The van der Waals surface area contributed by atoms with Crippen molar-refractivity contribution < 1.29 is 14.6 Å². The number of carbonyl (C=O) groups is 1. The molecule has 1 fully saturated rings. The van der Waals surface area contributed by atoms with Gasteiger partial charge in [0.1, 0.15) is 5.54 Å². The zero-order chi connectivity index (χ0) is 12.9. The number of nitrogens with one attached hydrogen (secondary N) is 1. The molecule has 0 aromatic heterocycles. The highest BCUT2D eigenvalue weighted by Crippen LogP contribution is 2.13. The van der Waals surface area contributed by atoms with Crippen molar-refractivity contribution >= 4 is 5.97 Å². The maximum atomic E-state index is 11.2. The van der Waals surface area contributed by atoms with Crippen LogP contribution in [0.1, 0.15) is 26.7 Å². The highest BCUT2D eigenvalue weighted by Gasteiger charge is 2.31. The maximum Gasteiger partial charge on any atom is 0.323 e. The minimum absolute atomic E-state index is 0.239. The van der Waals surface area contributed by atoms with E-state index in [0.29, 0.717) is 6.42 Å². The molecule has 0 saturated carbocycles. The molecule has 2 N–H and O–H groups in total. The smallest absolute Gasteiger partial charge is 0.323 e. The first-order valence-corrected chi connectivity index (χ1v) is 6.24. The van der Waals surface area contributed by atoms with Crippen molar-refractivity contribution in [3.63, 3.8) is 0 Å². The highest BCUT2D eigenvalue weighted by atomic mass is 16.5. The lowest BCUT2D eigenvalue weighted by atomic mass is 9.98. The van der Waals surface area contributed by atoms with Crippen LogP contribution in [0.5, 0.6) is 0 Å². The third-order valence-corrected chi connectivity index (χ3v) is 3.49. The number of carboxylic acids is 1. The number of nitrogens with zero attached hydrogens (tertiary/aromatic N) is 1. The number of likely N-dealkylation sites (N-methyl/N-ethyl adjacent to an activating group) is 1. The molecule has 0 aromatic rings. The Kier molecular flexibility index (Phi) is 5.36. The second-order valence-corrected chi connectivity index (χ2v) is 4.97. The minimum Gasteiger partial charge on any atom is -0.480 e. The highest BCUT2D eigenvalue weighted by molar-refractivity contribution is 5.78. The van der Waals surface area contributed by atoms with E-state index in [4.69, 9.17) is 9.84 Å². The molecule has 1 aliphatic heterocycles. The largest absolute Gasteiger partial charge is 0.480 e. The van der Waals surface area contributed by atoms with Gasteiger partial charge in [0, 0.05) is 26.2 Å². The maximum absolute atomic E-state index is 11.2. The summed E-state index contributed by atoms with van der Waals surface area (Å²) in [5.74, 6) is -0.792. The Hall–Kier alpha value is -0.650. The summed E-state index contributed by atoms with van der Waals surface area (Å²) in [5.41, 5.74) is -0.837. The van der Waals surface area contributed by atoms with Crippen LogP contribution in [0.2, 0.25) is 0 Å². The number of carboxylic acid groups (broad SMARTS) is 1. The molecule has 0 bridgehead atoms. The van der Waals surface area contributed by atoms with Crippen molar-refractivity contribution in [1.29, 1.82) is 0 Å². The molecule has 100 valence electrons. The van der Waals surface area contributed by atoms with Gasteiger partial charge in [-0.15, -0.1) is 0 Å². The first kappa shape index (κ1) is 14.4. The fraction of sp³-hybridized carbons (Fsp3) is 0.917. The standard InChI is InChI=1S/C12H24N2O3/c1-10-9-14(6-4-8-17-10)7-5-12(2,13-3)11(15)16/h10,13H,4-9H2,1-3H3,(H,15,16). The van der Waals surface area contributed by atoms with Crippen molar-refractivity contribution in [2.45, 2.75) is 38.3 Å². The molecule has 17 heavy (non-hydrogen) atoms. The molecule has 1 saturated heterocycles. The molecule has 0 aromatic carbocycles. The van der Waals surface area contributed by atoms with Crippen LogP contribution < -0.4 is 5.32 Å². The van der Waals surface area contributed by atoms with Crippen LogP contribution in [-0.2, 0) is 9.53 Å². The van der Waals surface area contributed by atoms with Crippen molar-refractivity contribution in [3.05, 3.63) is 0 Å². The van der Waals surface area contributed by atoms with Gasteiger partial charge in [-0.1, -0.05) is 0 Å². The van der Waals surface area contributed by atoms with Crippen molar-refractivity contribution in [2.75, 3.05) is 33.3 Å². The van der Waals surface area contributed by atoms with Crippen molar-refractivity contribution in [1.82, 2.24) is 10.2 Å². The van der Waals surface area contributed by atoms with E-state index in [2.05, 4.69) is 17.1 Å². The average Bonchev–Trinajstić information content (AvgIpc) is 2.50. The summed E-state index contributed by atoms with van der Waals surface area (Å²) in [7, 11) is 1.70. The summed E-state index contributed by atoms with van der Waals surface area (Å²) in [6.45, 7) is 7.26. The normalized spacial score (nSPS) is 26.2. The van der Waals surface area contributed by atoms with E-state index in [-0.39, 0.29) is 6.10 Å². The van der Waals surface area contributed by atoms with E-state index in [9.17, 15) is 4.79 Å². The zero-order valence-corrected chi connectivity index (χ0v) is 11.0. The van der Waals surface area contributed by atoms with Crippen LogP contribution in [0.25, 0.3) is 0 Å². The van der Waals surface area contributed by atoms with Gasteiger partial charge in [-0.05, 0) is 33.7 Å². The third-order valence-electron chi connectivity index (χ3n) is 3.49. The van der Waals surface area contributed by atoms with Gasteiger partial charge in [-0.25, -0.2) is 0 Å². The topological polar surface area (TPSA) is 61.8 Å². The molecule has 0 radical (unpaired) electrons. The fourth-order valence-electron chi connectivity index (χ4n) is 2.00. The van der Waals surface area contributed by atoms with Crippen LogP contribution in [0.3, 0.4) is 0 Å². The quantitative estimate of drug-likeness (QED) is 0.739. The van der Waals surface area contributed by atoms with Gasteiger partial charge in [0.05, 0.1) is 6.10 Å². The lowest BCUT2D eigenvalue weighted by Gasteiger charge is -2.28. The molecule has 0 aliphatic carbocycles. The Balaban J connectivity index is 2.45. The zero-order valence-electron chi connectivity index (χ0n) is 11.0. The Labute approximate surface area is 103 Å². The van der Waals surface area contributed by atoms with E-state index in [1.807, 2.05) is 0 Å². The van der Waals surface area contributed by atoms with Crippen LogP contribution in [-0.4, -0.2) is 60.9 Å². The second kappa shape index (κ2) is 6.33. The number of ether oxygens (including phenoxy) is 1. The third kappa shape index (κ3) is 4.26. The van der Waals surface area contributed by atoms with Gasteiger partial charge >= 0.3 is 5.97 Å². The summed E-state index contributed by atoms with van der Waals surface area (Å²) in [5, 5.41) is 12.1. The first-order chi connectivity index (χ1) is 7.98. The van der Waals surface area contributed by atoms with Gasteiger partial charge in [0.2, 0.25) is 0 Å². The fourth-order valence-corrected chi connectivity index (χ4v) is 2.00. The summed E-state index contributed by atoms with van der Waals surface area (Å²) in [6, 6.07) is 0. The molecule has 0 amide bonds. The Morgan fingerprint density at radius 2 is 2.35 bits per heavy atom. The first-order valence-electron chi connectivity index (χ1n) is 6.24. The molecular weight excluding hydrogens is 220 g/mol. The number of hydrogen-bond acceptors (Lipinski definition) is 4. The predicted molar refractivity (Wildman–Crippen MR) is 66.2 cm³/mol. The molecular formula is C12H24N2O3. The summed E-state index contributed by atoms with van der Waals surface area (Å²) >= 11 is 0. The van der Waals surface area contributed by atoms with E-state index < -0.39 is 11.5 Å². The molecule has 2 unspecified atom stereocenters. The number of rotatable bonds is 5. The van der Waals surface area contributed by atoms with Crippen LogP contribution in [0.4, 0.5) is 0 Å². The Morgan fingerprint density at radius 3 is 2.94 bits per heavy atom. The molecule has 1 aliphatic rings. The monoisotopic (exact) mass is 244 g/mol. The molecule has 5 nitrogen and oxygen atoms in total. The van der Waals surface area contributed by atoms with Crippen molar-refractivity contribution in [3.8, 4) is 0 Å². The molecule has 5 heteroatoms. The van der Waals surface area contributed by atoms with Crippen LogP contribution in [0, 0.1) is 0 Å². The van der Waals surface area contributed by atoms with E-state index in [1.54, 1.807) is 14.0 Å². The van der Waals surface area contributed by atoms with E-state index in [1.165, 1.54) is 0 Å².